The SMILES string of the molecule is CCc1cccc(-c2c(F)cccc2C(O)(CCCNC(=O)O)[C@@H]2CCCNC2)c1. The van der Waals surface area contributed by atoms with E-state index in [4.69, 9.17) is 5.11 Å². The van der Waals surface area contributed by atoms with Gasteiger partial charge in [-0.3, -0.25) is 0 Å². The Bertz CT molecular complexity index is 867. The van der Waals surface area contributed by atoms with Crippen molar-refractivity contribution in [3.8, 4) is 11.1 Å². The van der Waals surface area contributed by atoms with E-state index in [9.17, 15) is 9.90 Å². The lowest BCUT2D eigenvalue weighted by Crippen LogP contribution is -2.45. The van der Waals surface area contributed by atoms with Gasteiger partial charge in [0.1, 0.15) is 5.82 Å². The number of carbonyl (C=O) groups is 1. The largest absolute Gasteiger partial charge is 0.465 e. The lowest BCUT2D eigenvalue weighted by atomic mass is 9.72. The van der Waals surface area contributed by atoms with Crippen LogP contribution >= 0.6 is 0 Å². The predicted molar refractivity (Wildman–Crippen MR) is 116 cm³/mol. The van der Waals surface area contributed by atoms with E-state index in [0.29, 0.717) is 30.5 Å². The number of carboxylic acid groups (broad SMARTS) is 1. The smallest absolute Gasteiger partial charge is 0.404 e. The number of benzene rings is 2. The van der Waals surface area contributed by atoms with E-state index >= 15 is 4.39 Å². The Morgan fingerprint density at radius 1 is 1.30 bits per heavy atom. The van der Waals surface area contributed by atoms with Gasteiger partial charge in [0.25, 0.3) is 0 Å². The molecule has 3 rings (SSSR count). The van der Waals surface area contributed by atoms with Gasteiger partial charge in [-0.1, -0.05) is 43.3 Å². The third-order valence-corrected chi connectivity index (χ3v) is 6.09. The molecule has 0 aliphatic carbocycles. The maximum atomic E-state index is 15.1. The van der Waals surface area contributed by atoms with Crippen LogP contribution in [0.25, 0.3) is 11.1 Å². The molecule has 0 radical (unpaired) electrons. The first-order valence-electron chi connectivity index (χ1n) is 10.7. The van der Waals surface area contributed by atoms with E-state index in [0.717, 1.165) is 36.9 Å². The van der Waals surface area contributed by atoms with E-state index in [1.807, 2.05) is 30.3 Å². The van der Waals surface area contributed by atoms with Crippen molar-refractivity contribution >= 4 is 6.09 Å². The molecular formula is C24H31FN2O3. The fraction of sp³-hybridized carbons (Fsp3) is 0.458. The summed E-state index contributed by atoms with van der Waals surface area (Å²) in [6, 6.07) is 12.7. The molecule has 1 fully saturated rings. The van der Waals surface area contributed by atoms with Gasteiger partial charge in [-0.2, -0.15) is 0 Å². The molecule has 0 bridgehead atoms. The third kappa shape index (κ3) is 4.99. The van der Waals surface area contributed by atoms with Crippen LogP contribution in [-0.4, -0.2) is 35.9 Å². The standard InChI is InChI=1S/C24H31FN2O3/c1-2-17-7-3-8-18(15-17)22-20(10-4-11-21(22)25)24(30,12-6-14-27-23(28)29)19-9-5-13-26-16-19/h3-4,7-8,10-11,15,19,26-27,30H,2,5-6,9,12-14,16H2,1H3,(H,28,29)/t19-,24?/m1/s1. The zero-order valence-corrected chi connectivity index (χ0v) is 17.5. The summed E-state index contributed by atoms with van der Waals surface area (Å²) in [6.07, 6.45) is 2.35. The van der Waals surface area contributed by atoms with Crippen LogP contribution in [0.3, 0.4) is 0 Å². The number of nitrogens with one attached hydrogen (secondary N) is 2. The van der Waals surface area contributed by atoms with Crippen molar-refractivity contribution in [1.82, 2.24) is 10.6 Å². The van der Waals surface area contributed by atoms with Crippen LogP contribution in [0.2, 0.25) is 0 Å². The van der Waals surface area contributed by atoms with Crippen LogP contribution in [0, 0.1) is 11.7 Å². The molecule has 30 heavy (non-hydrogen) atoms. The molecule has 0 aromatic heterocycles. The van der Waals surface area contributed by atoms with Crippen LogP contribution in [0.4, 0.5) is 9.18 Å². The van der Waals surface area contributed by atoms with Crippen molar-refractivity contribution in [1.29, 1.82) is 0 Å². The number of halogens is 1. The summed E-state index contributed by atoms with van der Waals surface area (Å²) < 4.78 is 15.1. The van der Waals surface area contributed by atoms with Gasteiger partial charge in [-0.05, 0) is 61.4 Å². The molecule has 162 valence electrons. The quantitative estimate of drug-likeness (QED) is 0.486. The summed E-state index contributed by atoms with van der Waals surface area (Å²) in [5.41, 5.74) is 1.63. The number of aryl methyl sites for hydroxylation is 1. The normalized spacial score (nSPS) is 18.6. The minimum atomic E-state index is -1.26. The van der Waals surface area contributed by atoms with Crippen LogP contribution in [0.15, 0.2) is 42.5 Å². The molecule has 2 atom stereocenters. The number of rotatable bonds is 8. The average molecular weight is 415 g/mol. The second kappa shape index (κ2) is 10.0. The van der Waals surface area contributed by atoms with Crippen LogP contribution in [0.1, 0.15) is 43.7 Å². The van der Waals surface area contributed by atoms with Gasteiger partial charge in [0.05, 0.1) is 5.60 Å². The van der Waals surface area contributed by atoms with Crippen molar-refractivity contribution in [3.05, 3.63) is 59.4 Å². The van der Waals surface area contributed by atoms with Crippen LogP contribution < -0.4 is 10.6 Å². The highest BCUT2D eigenvalue weighted by molar-refractivity contribution is 5.70. The molecule has 1 heterocycles. The van der Waals surface area contributed by atoms with Crippen LogP contribution in [-0.2, 0) is 12.0 Å². The first-order chi connectivity index (χ1) is 14.5. The molecule has 2 aromatic rings. The maximum Gasteiger partial charge on any atom is 0.404 e. The topological polar surface area (TPSA) is 81.6 Å². The maximum absolute atomic E-state index is 15.1. The second-order valence-electron chi connectivity index (χ2n) is 8.02. The van der Waals surface area contributed by atoms with Crippen molar-refractivity contribution in [2.24, 2.45) is 5.92 Å². The fourth-order valence-electron chi connectivity index (χ4n) is 4.50. The Balaban J connectivity index is 2.04. The summed E-state index contributed by atoms with van der Waals surface area (Å²) in [5.74, 6) is -0.433. The zero-order valence-electron chi connectivity index (χ0n) is 17.5. The average Bonchev–Trinajstić information content (AvgIpc) is 2.77. The first-order valence-corrected chi connectivity index (χ1v) is 10.7. The molecule has 1 saturated heterocycles. The molecule has 4 N–H and O–H groups in total. The third-order valence-electron chi connectivity index (χ3n) is 6.09. The Labute approximate surface area is 177 Å². The summed E-state index contributed by atoms with van der Waals surface area (Å²) in [6.45, 7) is 3.85. The molecule has 5 nitrogen and oxygen atoms in total. The molecule has 2 aromatic carbocycles. The van der Waals surface area contributed by atoms with E-state index < -0.39 is 11.7 Å². The summed E-state index contributed by atoms with van der Waals surface area (Å²) in [4.78, 5) is 10.8. The van der Waals surface area contributed by atoms with Crippen LogP contribution in [0.5, 0.6) is 0 Å². The summed E-state index contributed by atoms with van der Waals surface area (Å²) in [7, 11) is 0. The van der Waals surface area contributed by atoms with Gasteiger partial charge in [-0.15, -0.1) is 0 Å². The number of hydrogen-bond acceptors (Lipinski definition) is 3. The van der Waals surface area contributed by atoms with E-state index in [1.165, 1.54) is 6.07 Å². The Hall–Kier alpha value is -2.44. The molecule has 1 amide bonds. The zero-order chi connectivity index (χ0) is 21.6. The van der Waals surface area contributed by atoms with Gasteiger partial charge in [0.15, 0.2) is 0 Å². The van der Waals surface area contributed by atoms with E-state index in [1.54, 1.807) is 6.07 Å². The lowest BCUT2D eigenvalue weighted by molar-refractivity contribution is -0.0417. The van der Waals surface area contributed by atoms with Gasteiger partial charge < -0.3 is 20.8 Å². The minimum absolute atomic E-state index is 0.0778. The number of amides is 1. The van der Waals surface area contributed by atoms with Gasteiger partial charge in [0, 0.05) is 24.6 Å². The highest BCUT2D eigenvalue weighted by atomic mass is 19.1. The molecule has 0 spiro atoms. The molecule has 1 aliphatic heterocycles. The fourth-order valence-corrected chi connectivity index (χ4v) is 4.50. The van der Waals surface area contributed by atoms with Gasteiger partial charge >= 0.3 is 6.09 Å². The monoisotopic (exact) mass is 414 g/mol. The molecule has 1 unspecified atom stereocenters. The highest BCUT2D eigenvalue weighted by Crippen LogP contribution is 2.43. The molecule has 1 aliphatic rings. The Kier molecular flexibility index (Phi) is 7.45. The highest BCUT2D eigenvalue weighted by Gasteiger charge is 2.40. The molecule has 6 heteroatoms. The van der Waals surface area contributed by atoms with E-state index in [-0.39, 0.29) is 18.3 Å². The van der Waals surface area contributed by atoms with Crippen molar-refractivity contribution in [2.75, 3.05) is 19.6 Å². The van der Waals surface area contributed by atoms with Crippen molar-refractivity contribution in [3.63, 3.8) is 0 Å². The number of aliphatic hydroxyl groups is 1. The molecule has 0 saturated carbocycles. The summed E-state index contributed by atoms with van der Waals surface area (Å²) >= 11 is 0. The first kappa shape index (κ1) is 22.2. The van der Waals surface area contributed by atoms with Crippen molar-refractivity contribution < 1.29 is 19.4 Å². The van der Waals surface area contributed by atoms with Gasteiger partial charge in [-0.25, -0.2) is 9.18 Å². The Morgan fingerprint density at radius 2 is 2.10 bits per heavy atom. The number of hydrogen-bond donors (Lipinski definition) is 4. The second-order valence-corrected chi connectivity index (χ2v) is 8.02. The number of piperidine rings is 1. The predicted octanol–water partition coefficient (Wildman–Crippen LogP) is 4.29. The molecular weight excluding hydrogens is 383 g/mol. The Morgan fingerprint density at radius 3 is 2.80 bits per heavy atom. The van der Waals surface area contributed by atoms with Gasteiger partial charge in [0.2, 0.25) is 0 Å². The minimum Gasteiger partial charge on any atom is -0.465 e. The summed E-state index contributed by atoms with van der Waals surface area (Å²) in [5, 5.41) is 26.5. The van der Waals surface area contributed by atoms with Crippen molar-refractivity contribution in [2.45, 2.75) is 44.6 Å². The lowest BCUT2D eigenvalue weighted by Gasteiger charge is -2.40. The van der Waals surface area contributed by atoms with E-state index in [2.05, 4.69) is 17.6 Å².